The summed E-state index contributed by atoms with van der Waals surface area (Å²) in [5.41, 5.74) is 1.76. The fourth-order valence-corrected chi connectivity index (χ4v) is 1.80. The molecule has 0 aliphatic heterocycles. The second kappa shape index (κ2) is 5.22. The van der Waals surface area contributed by atoms with Gasteiger partial charge in [-0.25, -0.2) is 9.18 Å². The van der Waals surface area contributed by atoms with Gasteiger partial charge in [0.05, 0.1) is 6.61 Å². The number of esters is 1. The molecule has 1 heterocycles. The minimum atomic E-state index is -0.488. The molecule has 1 aromatic carbocycles. The number of aryl methyl sites for hydroxylation is 2. The van der Waals surface area contributed by atoms with Gasteiger partial charge in [-0.3, -0.25) is 0 Å². The molecule has 19 heavy (non-hydrogen) atoms. The molecule has 2 aromatic rings. The van der Waals surface area contributed by atoms with E-state index in [0.717, 1.165) is 0 Å². The number of hydrogen-bond acceptors (Lipinski definition) is 4. The van der Waals surface area contributed by atoms with E-state index in [2.05, 4.69) is 5.16 Å². The topological polar surface area (TPSA) is 52.3 Å². The minimum absolute atomic E-state index is 0.269. The Kier molecular flexibility index (Phi) is 3.64. The zero-order chi connectivity index (χ0) is 14.0. The quantitative estimate of drug-likeness (QED) is 0.797. The number of hydrogen-bond donors (Lipinski definition) is 0. The predicted molar refractivity (Wildman–Crippen MR) is 67.3 cm³/mol. The number of nitrogens with zero attached hydrogens (tertiary/aromatic N) is 1. The average molecular weight is 263 g/mol. The Morgan fingerprint density at radius 2 is 2.16 bits per heavy atom. The van der Waals surface area contributed by atoms with Crippen LogP contribution in [0.2, 0.25) is 0 Å². The van der Waals surface area contributed by atoms with Crippen LogP contribution in [0.3, 0.4) is 0 Å². The van der Waals surface area contributed by atoms with E-state index in [-0.39, 0.29) is 18.0 Å². The summed E-state index contributed by atoms with van der Waals surface area (Å²) in [5, 5.41) is 3.86. The lowest BCUT2D eigenvalue weighted by atomic mass is 10.0. The molecule has 0 saturated carbocycles. The summed E-state index contributed by atoms with van der Waals surface area (Å²) in [6, 6.07) is 4.52. The van der Waals surface area contributed by atoms with Gasteiger partial charge in [-0.05, 0) is 44.5 Å². The SMILES string of the molecule is CCOC(=O)c1c(-c2ccc(F)c(C)c2)noc1C. The summed E-state index contributed by atoms with van der Waals surface area (Å²) in [6.07, 6.45) is 0. The highest BCUT2D eigenvalue weighted by atomic mass is 19.1. The largest absolute Gasteiger partial charge is 0.462 e. The minimum Gasteiger partial charge on any atom is -0.462 e. The molecule has 5 heteroatoms. The zero-order valence-corrected chi connectivity index (χ0v) is 11.0. The van der Waals surface area contributed by atoms with Crippen molar-refractivity contribution in [2.24, 2.45) is 0 Å². The van der Waals surface area contributed by atoms with Crippen LogP contribution in [-0.4, -0.2) is 17.7 Å². The summed E-state index contributed by atoms with van der Waals surface area (Å²) < 4.78 is 23.3. The number of benzene rings is 1. The number of carbonyl (C=O) groups excluding carboxylic acids is 1. The number of rotatable bonds is 3. The van der Waals surface area contributed by atoms with Gasteiger partial charge in [0.1, 0.15) is 22.8 Å². The highest BCUT2D eigenvalue weighted by Gasteiger charge is 2.22. The lowest BCUT2D eigenvalue weighted by molar-refractivity contribution is 0.0525. The van der Waals surface area contributed by atoms with Crippen molar-refractivity contribution in [3.63, 3.8) is 0 Å². The first kappa shape index (κ1) is 13.3. The Morgan fingerprint density at radius 3 is 2.79 bits per heavy atom. The molecule has 0 saturated heterocycles. The first-order valence-corrected chi connectivity index (χ1v) is 5.94. The third kappa shape index (κ3) is 2.50. The van der Waals surface area contributed by atoms with Crippen molar-refractivity contribution in [1.29, 1.82) is 0 Å². The normalized spacial score (nSPS) is 10.5. The van der Waals surface area contributed by atoms with Gasteiger partial charge >= 0.3 is 5.97 Å². The van der Waals surface area contributed by atoms with E-state index in [1.807, 2.05) is 0 Å². The Labute approximate surface area is 110 Å². The molecular formula is C14H14FNO3. The summed E-state index contributed by atoms with van der Waals surface area (Å²) in [5.74, 6) is -0.407. The molecule has 100 valence electrons. The summed E-state index contributed by atoms with van der Waals surface area (Å²) in [4.78, 5) is 11.9. The summed E-state index contributed by atoms with van der Waals surface area (Å²) in [7, 11) is 0. The van der Waals surface area contributed by atoms with Crippen LogP contribution in [0.1, 0.15) is 28.6 Å². The molecule has 0 atom stereocenters. The Bertz CT molecular complexity index is 619. The molecule has 0 spiro atoms. The number of carbonyl (C=O) groups is 1. The van der Waals surface area contributed by atoms with Gasteiger partial charge in [-0.15, -0.1) is 0 Å². The Balaban J connectivity index is 2.50. The molecule has 0 amide bonds. The molecule has 0 N–H and O–H groups in total. The van der Waals surface area contributed by atoms with E-state index >= 15 is 0 Å². The van der Waals surface area contributed by atoms with Crippen LogP contribution in [0.25, 0.3) is 11.3 Å². The molecule has 0 unspecified atom stereocenters. The van der Waals surface area contributed by atoms with E-state index < -0.39 is 5.97 Å². The van der Waals surface area contributed by atoms with Gasteiger partial charge in [-0.2, -0.15) is 0 Å². The lowest BCUT2D eigenvalue weighted by Gasteiger charge is -2.04. The maximum atomic E-state index is 13.3. The number of halogens is 1. The maximum Gasteiger partial charge on any atom is 0.344 e. The Morgan fingerprint density at radius 1 is 1.42 bits per heavy atom. The average Bonchev–Trinajstić information content (AvgIpc) is 2.75. The first-order valence-electron chi connectivity index (χ1n) is 5.94. The molecule has 0 radical (unpaired) electrons. The maximum absolute atomic E-state index is 13.3. The number of aromatic nitrogens is 1. The molecule has 1 aromatic heterocycles. The third-order valence-electron chi connectivity index (χ3n) is 2.77. The van der Waals surface area contributed by atoms with Crippen LogP contribution in [0, 0.1) is 19.7 Å². The van der Waals surface area contributed by atoms with Crippen LogP contribution >= 0.6 is 0 Å². The van der Waals surface area contributed by atoms with Gasteiger partial charge in [-0.1, -0.05) is 5.16 Å². The van der Waals surface area contributed by atoms with E-state index in [9.17, 15) is 9.18 Å². The van der Waals surface area contributed by atoms with Gasteiger partial charge in [0.2, 0.25) is 0 Å². The second-order valence-corrected chi connectivity index (χ2v) is 4.15. The molecule has 0 bridgehead atoms. The van der Waals surface area contributed by atoms with Crippen molar-refractivity contribution < 1.29 is 18.4 Å². The third-order valence-corrected chi connectivity index (χ3v) is 2.77. The molecule has 2 rings (SSSR count). The fraction of sp³-hybridized carbons (Fsp3) is 0.286. The lowest BCUT2D eigenvalue weighted by Crippen LogP contribution is -2.06. The van der Waals surface area contributed by atoms with Crippen LogP contribution in [-0.2, 0) is 4.74 Å². The van der Waals surface area contributed by atoms with Crippen molar-refractivity contribution >= 4 is 5.97 Å². The summed E-state index contributed by atoms with van der Waals surface area (Å²) >= 11 is 0. The van der Waals surface area contributed by atoms with Crippen molar-refractivity contribution in [3.8, 4) is 11.3 Å². The zero-order valence-electron chi connectivity index (χ0n) is 11.0. The second-order valence-electron chi connectivity index (χ2n) is 4.15. The molecule has 0 fully saturated rings. The van der Waals surface area contributed by atoms with Crippen LogP contribution in [0.4, 0.5) is 4.39 Å². The van der Waals surface area contributed by atoms with Gasteiger partial charge in [0.15, 0.2) is 0 Å². The summed E-state index contributed by atoms with van der Waals surface area (Å²) in [6.45, 7) is 5.28. The highest BCUT2D eigenvalue weighted by molar-refractivity contribution is 5.97. The molecule has 4 nitrogen and oxygen atoms in total. The van der Waals surface area contributed by atoms with Crippen LogP contribution < -0.4 is 0 Å². The molecular weight excluding hydrogens is 249 g/mol. The molecule has 0 aliphatic carbocycles. The first-order chi connectivity index (χ1) is 9.04. The predicted octanol–water partition coefficient (Wildman–Crippen LogP) is 3.27. The smallest absolute Gasteiger partial charge is 0.344 e. The van der Waals surface area contributed by atoms with Crippen LogP contribution in [0.15, 0.2) is 22.7 Å². The highest BCUT2D eigenvalue weighted by Crippen LogP contribution is 2.27. The van der Waals surface area contributed by atoms with Crippen molar-refractivity contribution in [2.45, 2.75) is 20.8 Å². The van der Waals surface area contributed by atoms with E-state index in [0.29, 0.717) is 22.6 Å². The van der Waals surface area contributed by atoms with Gasteiger partial charge in [0, 0.05) is 5.56 Å². The fourth-order valence-electron chi connectivity index (χ4n) is 1.80. The monoisotopic (exact) mass is 263 g/mol. The van der Waals surface area contributed by atoms with Crippen molar-refractivity contribution in [1.82, 2.24) is 5.16 Å². The van der Waals surface area contributed by atoms with E-state index in [1.54, 1.807) is 32.9 Å². The van der Waals surface area contributed by atoms with Gasteiger partial charge in [0.25, 0.3) is 0 Å². The number of ether oxygens (including phenoxy) is 1. The van der Waals surface area contributed by atoms with Crippen LogP contribution in [0.5, 0.6) is 0 Å². The Hall–Kier alpha value is -2.17. The van der Waals surface area contributed by atoms with E-state index in [4.69, 9.17) is 9.26 Å². The standard InChI is InChI=1S/C14H14FNO3/c1-4-18-14(17)12-9(3)19-16-13(12)10-5-6-11(15)8(2)7-10/h5-7H,4H2,1-3H3. The van der Waals surface area contributed by atoms with Crippen molar-refractivity contribution in [3.05, 3.63) is 40.9 Å². The van der Waals surface area contributed by atoms with Gasteiger partial charge < -0.3 is 9.26 Å². The van der Waals surface area contributed by atoms with Crippen molar-refractivity contribution in [2.75, 3.05) is 6.61 Å². The van der Waals surface area contributed by atoms with E-state index in [1.165, 1.54) is 6.07 Å². The molecule has 0 aliphatic rings.